The van der Waals surface area contributed by atoms with E-state index in [4.69, 9.17) is 5.11 Å². The maximum Gasteiger partial charge on any atom is 0.304 e. The third-order valence-corrected chi connectivity index (χ3v) is 3.80. The summed E-state index contributed by atoms with van der Waals surface area (Å²) in [7, 11) is 0. The fourth-order valence-electron chi connectivity index (χ4n) is 2.25. The molecule has 0 heterocycles. The van der Waals surface area contributed by atoms with Gasteiger partial charge >= 0.3 is 5.97 Å². The van der Waals surface area contributed by atoms with Crippen LogP contribution in [0, 0.1) is 5.92 Å². The molecule has 0 fully saturated rings. The van der Waals surface area contributed by atoms with Crippen LogP contribution in [0.3, 0.4) is 0 Å². The van der Waals surface area contributed by atoms with Gasteiger partial charge in [0.05, 0.1) is 12.0 Å². The van der Waals surface area contributed by atoms with Crippen molar-refractivity contribution in [2.24, 2.45) is 5.92 Å². The van der Waals surface area contributed by atoms with Gasteiger partial charge in [0.15, 0.2) is 11.6 Å². The Balaban J connectivity index is 2.21. The fraction of sp³-hybridized carbons (Fsp3) is 0.267. The van der Waals surface area contributed by atoms with Crippen molar-refractivity contribution in [3.63, 3.8) is 0 Å². The highest BCUT2D eigenvalue weighted by Crippen LogP contribution is 2.26. The van der Waals surface area contributed by atoms with Crippen LogP contribution in [0.1, 0.15) is 29.6 Å². The van der Waals surface area contributed by atoms with Crippen molar-refractivity contribution in [1.29, 1.82) is 0 Å². The zero-order chi connectivity index (χ0) is 14.7. The van der Waals surface area contributed by atoms with Crippen LogP contribution in [0.25, 0.3) is 0 Å². The molecule has 0 saturated carbocycles. The normalized spacial score (nSPS) is 18.6. The van der Waals surface area contributed by atoms with Gasteiger partial charge in [-0.3, -0.25) is 14.4 Å². The molecule has 1 aliphatic carbocycles. The van der Waals surface area contributed by atoms with Gasteiger partial charge in [0.1, 0.15) is 0 Å². The molecule has 1 aliphatic rings. The van der Waals surface area contributed by atoms with Crippen LogP contribution in [-0.2, 0) is 9.59 Å². The Kier molecular flexibility index (Phi) is 4.49. The molecule has 0 radical (unpaired) electrons. The predicted octanol–water partition coefficient (Wildman–Crippen LogP) is 3.01. The second kappa shape index (κ2) is 6.13. The van der Waals surface area contributed by atoms with E-state index in [1.165, 1.54) is 0 Å². The van der Waals surface area contributed by atoms with Crippen molar-refractivity contribution < 1.29 is 19.5 Å². The number of hydrogen-bond acceptors (Lipinski definition) is 3. The van der Waals surface area contributed by atoms with Crippen LogP contribution in [0.2, 0.25) is 0 Å². The Morgan fingerprint density at radius 1 is 1.25 bits per heavy atom. The summed E-state index contributed by atoms with van der Waals surface area (Å²) in [5, 5.41) is 8.79. The Morgan fingerprint density at radius 3 is 2.50 bits per heavy atom. The number of halogens is 1. The van der Waals surface area contributed by atoms with Crippen LogP contribution in [0.5, 0.6) is 0 Å². The van der Waals surface area contributed by atoms with Gasteiger partial charge < -0.3 is 5.11 Å². The zero-order valence-corrected chi connectivity index (χ0v) is 12.2. The number of benzene rings is 1. The van der Waals surface area contributed by atoms with Gasteiger partial charge in [0, 0.05) is 16.0 Å². The molecule has 104 valence electrons. The van der Waals surface area contributed by atoms with Gasteiger partial charge in [-0.15, -0.1) is 0 Å². The zero-order valence-electron chi connectivity index (χ0n) is 10.6. The lowest BCUT2D eigenvalue weighted by Crippen LogP contribution is -2.27. The highest BCUT2D eigenvalue weighted by Gasteiger charge is 2.31. The quantitative estimate of drug-likeness (QED) is 0.677. The van der Waals surface area contributed by atoms with Crippen LogP contribution in [0.4, 0.5) is 0 Å². The third kappa shape index (κ3) is 3.22. The third-order valence-electron chi connectivity index (χ3n) is 3.27. The average Bonchev–Trinajstić information content (AvgIpc) is 2.41. The van der Waals surface area contributed by atoms with Crippen molar-refractivity contribution in [3.05, 3.63) is 46.0 Å². The highest BCUT2D eigenvalue weighted by atomic mass is 79.9. The molecule has 1 atom stereocenters. The fourth-order valence-corrected chi connectivity index (χ4v) is 2.51. The van der Waals surface area contributed by atoms with E-state index in [2.05, 4.69) is 15.9 Å². The van der Waals surface area contributed by atoms with Crippen molar-refractivity contribution >= 4 is 33.5 Å². The van der Waals surface area contributed by atoms with Crippen molar-refractivity contribution in [3.8, 4) is 0 Å². The molecule has 0 amide bonds. The number of hydrogen-bond donors (Lipinski definition) is 1. The minimum Gasteiger partial charge on any atom is -0.481 e. The van der Waals surface area contributed by atoms with Gasteiger partial charge in [0.25, 0.3) is 0 Å². The number of ketones is 2. The largest absolute Gasteiger partial charge is 0.481 e. The summed E-state index contributed by atoms with van der Waals surface area (Å²) in [6.07, 6.45) is 2.44. The summed E-state index contributed by atoms with van der Waals surface area (Å²) in [5.74, 6) is -2.29. The summed E-state index contributed by atoms with van der Waals surface area (Å²) in [6, 6.07) is 6.74. The SMILES string of the molecule is O=C(O)CC1CCC=C(C(=O)c2ccc(Br)cc2)C1=O. The lowest BCUT2D eigenvalue weighted by atomic mass is 9.82. The van der Waals surface area contributed by atoms with Gasteiger partial charge in [-0.1, -0.05) is 22.0 Å². The topological polar surface area (TPSA) is 71.4 Å². The first kappa shape index (κ1) is 14.7. The van der Waals surface area contributed by atoms with Gasteiger partial charge in [-0.2, -0.15) is 0 Å². The summed E-state index contributed by atoms with van der Waals surface area (Å²) in [4.78, 5) is 35.2. The first-order valence-electron chi connectivity index (χ1n) is 6.25. The van der Waals surface area contributed by atoms with Crippen LogP contribution in [0.15, 0.2) is 40.4 Å². The van der Waals surface area contributed by atoms with Crippen molar-refractivity contribution in [2.75, 3.05) is 0 Å². The van der Waals surface area contributed by atoms with Gasteiger partial charge in [-0.25, -0.2) is 0 Å². The second-order valence-corrected chi connectivity index (χ2v) is 5.61. The molecule has 1 aromatic carbocycles. The molecule has 0 aliphatic heterocycles. The maximum absolute atomic E-state index is 12.3. The number of allylic oxidation sites excluding steroid dienone is 2. The minimum absolute atomic E-state index is 0.116. The average molecular weight is 337 g/mol. The summed E-state index contributed by atoms with van der Waals surface area (Å²) in [6.45, 7) is 0. The molecule has 0 aromatic heterocycles. The molecule has 5 heteroatoms. The molecule has 0 spiro atoms. The molecule has 0 saturated heterocycles. The van der Waals surface area contributed by atoms with E-state index >= 15 is 0 Å². The molecule has 4 nitrogen and oxygen atoms in total. The summed E-state index contributed by atoms with van der Waals surface area (Å²) in [5.41, 5.74) is 0.550. The Morgan fingerprint density at radius 2 is 1.90 bits per heavy atom. The molecule has 1 aromatic rings. The molecule has 1 N–H and O–H groups in total. The number of aliphatic carboxylic acids is 1. The number of carbonyl (C=O) groups excluding carboxylic acids is 2. The van der Waals surface area contributed by atoms with E-state index in [1.54, 1.807) is 30.3 Å². The van der Waals surface area contributed by atoms with Crippen molar-refractivity contribution in [2.45, 2.75) is 19.3 Å². The standard InChI is InChI=1S/C15H13BrO4/c16-11-6-4-9(5-7-11)14(19)12-3-1-2-10(15(12)20)8-13(17)18/h3-7,10H,1-2,8H2,(H,17,18). The second-order valence-electron chi connectivity index (χ2n) is 4.69. The predicted molar refractivity (Wildman–Crippen MR) is 76.5 cm³/mol. The number of carboxylic acids is 1. The van der Waals surface area contributed by atoms with E-state index in [9.17, 15) is 14.4 Å². The number of carbonyl (C=O) groups is 3. The summed E-state index contributed by atoms with van der Waals surface area (Å²) < 4.78 is 0.849. The van der Waals surface area contributed by atoms with Crippen LogP contribution >= 0.6 is 15.9 Å². The molecular weight excluding hydrogens is 324 g/mol. The Hall–Kier alpha value is -1.75. The number of Topliss-reactive ketones (excluding diaryl/α,β-unsaturated/α-hetero) is 2. The Labute approximate surface area is 124 Å². The van der Waals surface area contributed by atoms with Crippen molar-refractivity contribution in [1.82, 2.24) is 0 Å². The monoisotopic (exact) mass is 336 g/mol. The first-order valence-corrected chi connectivity index (χ1v) is 7.04. The highest BCUT2D eigenvalue weighted by molar-refractivity contribution is 9.10. The van der Waals surface area contributed by atoms with Crippen LogP contribution < -0.4 is 0 Å². The van der Waals surface area contributed by atoms with E-state index < -0.39 is 11.9 Å². The molecule has 20 heavy (non-hydrogen) atoms. The van der Waals surface area contributed by atoms with E-state index in [-0.39, 0.29) is 23.6 Å². The lowest BCUT2D eigenvalue weighted by Gasteiger charge is -2.19. The lowest BCUT2D eigenvalue weighted by molar-refractivity contribution is -0.140. The molecule has 0 bridgehead atoms. The Bertz CT molecular complexity index is 586. The van der Waals surface area contributed by atoms with E-state index in [1.807, 2.05) is 0 Å². The summed E-state index contributed by atoms with van der Waals surface area (Å²) >= 11 is 3.28. The maximum atomic E-state index is 12.3. The molecule has 1 unspecified atom stereocenters. The van der Waals surface area contributed by atoms with E-state index in [0.717, 1.165) is 4.47 Å². The minimum atomic E-state index is -1.01. The molecular formula is C15H13BrO4. The first-order chi connectivity index (χ1) is 9.49. The van der Waals surface area contributed by atoms with Crippen LogP contribution in [-0.4, -0.2) is 22.6 Å². The van der Waals surface area contributed by atoms with E-state index in [0.29, 0.717) is 18.4 Å². The number of carboxylic acid groups (broad SMARTS) is 1. The van der Waals surface area contributed by atoms with Gasteiger partial charge in [-0.05, 0) is 37.1 Å². The number of rotatable bonds is 4. The van der Waals surface area contributed by atoms with Gasteiger partial charge in [0.2, 0.25) is 0 Å². The smallest absolute Gasteiger partial charge is 0.304 e. The molecule has 2 rings (SSSR count).